The molecule has 0 aromatic carbocycles. The Morgan fingerprint density at radius 1 is 1.67 bits per heavy atom. The topological polar surface area (TPSA) is 67.5 Å². The Kier molecular flexibility index (Phi) is 4.21. The number of ether oxygens (including phenoxy) is 2. The van der Waals surface area contributed by atoms with Crippen molar-refractivity contribution in [3.63, 3.8) is 0 Å². The van der Waals surface area contributed by atoms with Gasteiger partial charge in [0, 0.05) is 20.2 Å². The van der Waals surface area contributed by atoms with Crippen LogP contribution in [0.2, 0.25) is 5.02 Å². The lowest BCUT2D eigenvalue weighted by Gasteiger charge is -2.37. The number of nitrogens with zero attached hydrogens (tertiary/aromatic N) is 2. The SMILES string of the molecule is COCC1CN(c2cn[nH]c(=O)c2Cl)CC(C)O1. The Morgan fingerprint density at radius 3 is 3.17 bits per heavy atom. The molecule has 0 amide bonds. The van der Waals surface area contributed by atoms with Crippen LogP contribution in [-0.2, 0) is 9.47 Å². The van der Waals surface area contributed by atoms with E-state index in [1.54, 1.807) is 13.3 Å². The predicted molar refractivity (Wildman–Crippen MR) is 68.3 cm³/mol. The van der Waals surface area contributed by atoms with Gasteiger partial charge in [0.1, 0.15) is 5.02 Å². The number of nitrogens with one attached hydrogen (secondary N) is 1. The van der Waals surface area contributed by atoms with Gasteiger partial charge in [0.15, 0.2) is 0 Å². The Hall–Kier alpha value is -1.11. The molecule has 0 radical (unpaired) electrons. The number of hydrogen-bond donors (Lipinski definition) is 1. The zero-order chi connectivity index (χ0) is 13.1. The summed E-state index contributed by atoms with van der Waals surface area (Å²) < 4.78 is 10.8. The molecule has 2 atom stereocenters. The summed E-state index contributed by atoms with van der Waals surface area (Å²) in [7, 11) is 1.63. The van der Waals surface area contributed by atoms with Gasteiger partial charge in [0.25, 0.3) is 5.56 Å². The van der Waals surface area contributed by atoms with Gasteiger partial charge in [0.2, 0.25) is 0 Å². The van der Waals surface area contributed by atoms with Gasteiger partial charge in [-0.1, -0.05) is 11.6 Å². The average Bonchev–Trinajstić information content (AvgIpc) is 2.32. The van der Waals surface area contributed by atoms with Crippen LogP contribution in [0.1, 0.15) is 6.92 Å². The number of aromatic amines is 1. The molecule has 1 aromatic rings. The molecule has 1 N–H and O–H groups in total. The zero-order valence-corrected chi connectivity index (χ0v) is 11.1. The quantitative estimate of drug-likeness (QED) is 0.876. The van der Waals surface area contributed by atoms with Crippen LogP contribution in [0.15, 0.2) is 11.0 Å². The molecule has 0 aliphatic carbocycles. The lowest BCUT2D eigenvalue weighted by molar-refractivity contribution is -0.0511. The van der Waals surface area contributed by atoms with Crippen LogP contribution in [0.25, 0.3) is 0 Å². The second-order valence-electron chi connectivity index (χ2n) is 4.33. The molecule has 1 aliphatic rings. The third kappa shape index (κ3) is 2.82. The molecule has 2 unspecified atom stereocenters. The summed E-state index contributed by atoms with van der Waals surface area (Å²) in [4.78, 5) is 13.4. The minimum Gasteiger partial charge on any atom is -0.382 e. The van der Waals surface area contributed by atoms with Crippen LogP contribution in [0.4, 0.5) is 5.69 Å². The first kappa shape index (κ1) is 13.3. The highest BCUT2D eigenvalue weighted by atomic mass is 35.5. The Morgan fingerprint density at radius 2 is 2.44 bits per heavy atom. The fourth-order valence-corrected chi connectivity index (χ4v) is 2.33. The second-order valence-corrected chi connectivity index (χ2v) is 4.71. The minimum absolute atomic E-state index is 0.0332. The molecule has 0 bridgehead atoms. The number of aromatic nitrogens is 2. The van der Waals surface area contributed by atoms with E-state index in [2.05, 4.69) is 10.2 Å². The maximum atomic E-state index is 11.4. The van der Waals surface area contributed by atoms with Crippen molar-refractivity contribution in [2.45, 2.75) is 19.1 Å². The van der Waals surface area contributed by atoms with E-state index in [1.807, 2.05) is 11.8 Å². The van der Waals surface area contributed by atoms with Gasteiger partial charge in [-0.15, -0.1) is 0 Å². The van der Waals surface area contributed by atoms with Gasteiger partial charge < -0.3 is 14.4 Å². The van der Waals surface area contributed by atoms with Crippen LogP contribution in [-0.4, -0.2) is 49.2 Å². The predicted octanol–water partition coefficient (Wildman–Crippen LogP) is 0.663. The highest BCUT2D eigenvalue weighted by molar-refractivity contribution is 6.32. The average molecular weight is 274 g/mol. The van der Waals surface area contributed by atoms with Gasteiger partial charge in [-0.05, 0) is 6.92 Å². The van der Waals surface area contributed by atoms with Crippen molar-refractivity contribution in [2.75, 3.05) is 31.7 Å². The zero-order valence-electron chi connectivity index (χ0n) is 10.4. The number of H-pyrrole nitrogens is 1. The van der Waals surface area contributed by atoms with Crippen molar-refractivity contribution in [3.8, 4) is 0 Å². The first-order valence-electron chi connectivity index (χ1n) is 5.74. The van der Waals surface area contributed by atoms with E-state index in [-0.39, 0.29) is 22.8 Å². The lowest BCUT2D eigenvalue weighted by Crippen LogP contribution is -2.48. The third-order valence-electron chi connectivity index (χ3n) is 2.80. The molecule has 2 heterocycles. The number of hydrogen-bond acceptors (Lipinski definition) is 5. The van der Waals surface area contributed by atoms with Crippen LogP contribution in [0.5, 0.6) is 0 Å². The van der Waals surface area contributed by atoms with Crippen molar-refractivity contribution < 1.29 is 9.47 Å². The molecular weight excluding hydrogens is 258 g/mol. The Balaban J connectivity index is 2.21. The number of methoxy groups -OCH3 is 1. The van der Waals surface area contributed by atoms with Gasteiger partial charge >= 0.3 is 0 Å². The monoisotopic (exact) mass is 273 g/mol. The van der Waals surface area contributed by atoms with Crippen LogP contribution < -0.4 is 10.5 Å². The third-order valence-corrected chi connectivity index (χ3v) is 3.16. The maximum absolute atomic E-state index is 11.4. The van der Waals surface area contributed by atoms with E-state index in [4.69, 9.17) is 21.1 Å². The van der Waals surface area contributed by atoms with Crippen LogP contribution in [0, 0.1) is 0 Å². The molecule has 0 saturated carbocycles. The van der Waals surface area contributed by atoms with Crippen LogP contribution in [0.3, 0.4) is 0 Å². The highest BCUT2D eigenvalue weighted by Crippen LogP contribution is 2.24. The van der Waals surface area contributed by atoms with E-state index in [0.29, 0.717) is 25.4 Å². The van der Waals surface area contributed by atoms with Crippen molar-refractivity contribution in [1.29, 1.82) is 0 Å². The largest absolute Gasteiger partial charge is 0.382 e. The Labute approximate surface area is 110 Å². The second kappa shape index (κ2) is 5.69. The summed E-state index contributed by atoms with van der Waals surface area (Å²) in [6.45, 7) is 3.78. The summed E-state index contributed by atoms with van der Waals surface area (Å²) >= 11 is 6.00. The summed E-state index contributed by atoms with van der Waals surface area (Å²) in [5.74, 6) is 0. The molecule has 6 nitrogen and oxygen atoms in total. The van der Waals surface area contributed by atoms with E-state index < -0.39 is 0 Å². The first-order valence-corrected chi connectivity index (χ1v) is 6.12. The van der Waals surface area contributed by atoms with Crippen molar-refractivity contribution in [3.05, 3.63) is 21.6 Å². The number of rotatable bonds is 3. The van der Waals surface area contributed by atoms with Gasteiger partial charge in [0.05, 0.1) is 30.7 Å². The molecule has 0 spiro atoms. The van der Waals surface area contributed by atoms with Crippen molar-refractivity contribution >= 4 is 17.3 Å². The summed E-state index contributed by atoms with van der Waals surface area (Å²) in [6.07, 6.45) is 1.58. The number of anilines is 1. The molecule has 100 valence electrons. The van der Waals surface area contributed by atoms with Gasteiger partial charge in [-0.25, -0.2) is 5.10 Å². The highest BCUT2D eigenvalue weighted by Gasteiger charge is 2.27. The van der Waals surface area contributed by atoms with Crippen molar-refractivity contribution in [1.82, 2.24) is 10.2 Å². The Bertz CT molecular complexity index is 465. The number of halogens is 1. The minimum atomic E-state index is -0.378. The van der Waals surface area contributed by atoms with E-state index in [1.165, 1.54) is 0 Å². The molecule has 1 fully saturated rings. The molecular formula is C11H16ClN3O3. The fourth-order valence-electron chi connectivity index (χ4n) is 2.11. The molecule has 1 aromatic heterocycles. The molecule has 1 saturated heterocycles. The fraction of sp³-hybridized carbons (Fsp3) is 0.636. The summed E-state index contributed by atoms with van der Waals surface area (Å²) in [5, 5.41) is 6.25. The lowest BCUT2D eigenvalue weighted by atomic mass is 10.2. The smallest absolute Gasteiger partial charge is 0.285 e. The standard InChI is InChI=1S/C11H16ClN3O3/c1-7-4-15(5-8(18-7)6-17-2)9-3-13-14-11(16)10(9)12/h3,7-8H,4-6H2,1-2H3,(H,14,16). The van der Waals surface area contributed by atoms with E-state index >= 15 is 0 Å². The number of morpholine rings is 1. The van der Waals surface area contributed by atoms with Gasteiger partial charge in [-0.2, -0.15) is 5.10 Å². The first-order chi connectivity index (χ1) is 8.61. The molecule has 7 heteroatoms. The summed E-state index contributed by atoms with van der Waals surface area (Å²) in [6, 6.07) is 0. The molecule has 2 rings (SSSR count). The van der Waals surface area contributed by atoms with Crippen molar-refractivity contribution in [2.24, 2.45) is 0 Å². The summed E-state index contributed by atoms with van der Waals surface area (Å²) in [5.41, 5.74) is 0.258. The van der Waals surface area contributed by atoms with Gasteiger partial charge in [-0.3, -0.25) is 4.79 Å². The van der Waals surface area contributed by atoms with E-state index in [9.17, 15) is 4.79 Å². The molecule has 1 aliphatic heterocycles. The molecule has 18 heavy (non-hydrogen) atoms. The maximum Gasteiger partial charge on any atom is 0.285 e. The van der Waals surface area contributed by atoms with Crippen LogP contribution >= 0.6 is 11.6 Å². The van der Waals surface area contributed by atoms with E-state index in [0.717, 1.165) is 0 Å². The normalized spacial score (nSPS) is 24.3.